The van der Waals surface area contributed by atoms with Gasteiger partial charge in [-0.25, -0.2) is 0 Å². The van der Waals surface area contributed by atoms with Crippen LogP contribution in [0.3, 0.4) is 0 Å². The Balaban J connectivity index is 1.43. The zero-order valence-electron chi connectivity index (χ0n) is 16.0. The molecule has 0 saturated carbocycles. The molecule has 0 saturated heterocycles. The Bertz CT molecular complexity index is 788. The number of nitrogens with one attached hydrogen (secondary N) is 1. The molecule has 0 bridgehead atoms. The average molecular weight is 369 g/mol. The summed E-state index contributed by atoms with van der Waals surface area (Å²) in [5.41, 5.74) is 3.72. The van der Waals surface area contributed by atoms with Crippen molar-refractivity contribution >= 4 is 5.91 Å². The number of hydrogen-bond acceptors (Lipinski definition) is 4. The summed E-state index contributed by atoms with van der Waals surface area (Å²) in [4.78, 5) is 12.1. The summed E-state index contributed by atoms with van der Waals surface area (Å²) in [5, 5.41) is 2.89. The zero-order valence-corrected chi connectivity index (χ0v) is 16.0. The van der Waals surface area contributed by atoms with E-state index in [2.05, 4.69) is 17.4 Å². The van der Waals surface area contributed by atoms with Crippen LogP contribution in [-0.4, -0.2) is 33.3 Å². The molecule has 0 radical (unpaired) electrons. The Hall–Kier alpha value is -2.69. The van der Waals surface area contributed by atoms with Crippen LogP contribution in [0.5, 0.6) is 17.2 Å². The normalized spacial score (nSPS) is 12.8. The highest BCUT2D eigenvalue weighted by Crippen LogP contribution is 2.28. The number of rotatable bonds is 8. The van der Waals surface area contributed by atoms with Crippen molar-refractivity contribution in [3.05, 3.63) is 53.1 Å². The topological polar surface area (TPSA) is 56.8 Å². The van der Waals surface area contributed by atoms with E-state index in [9.17, 15) is 4.79 Å². The highest BCUT2D eigenvalue weighted by Gasteiger charge is 2.10. The van der Waals surface area contributed by atoms with Gasteiger partial charge in [-0.05, 0) is 66.6 Å². The van der Waals surface area contributed by atoms with Crippen molar-refractivity contribution in [2.45, 2.75) is 32.1 Å². The van der Waals surface area contributed by atoms with E-state index in [0.29, 0.717) is 31.1 Å². The summed E-state index contributed by atoms with van der Waals surface area (Å²) in [7, 11) is 3.17. The minimum absolute atomic E-state index is 0.0451. The molecule has 0 unspecified atom stereocenters. The van der Waals surface area contributed by atoms with Gasteiger partial charge in [0.15, 0.2) is 11.5 Å². The van der Waals surface area contributed by atoms with Crippen LogP contribution in [0.2, 0.25) is 0 Å². The third kappa shape index (κ3) is 5.16. The fourth-order valence-corrected chi connectivity index (χ4v) is 3.40. The van der Waals surface area contributed by atoms with E-state index in [4.69, 9.17) is 14.2 Å². The fourth-order valence-electron chi connectivity index (χ4n) is 3.40. The lowest BCUT2D eigenvalue weighted by Crippen LogP contribution is -2.29. The molecule has 2 aromatic rings. The minimum Gasteiger partial charge on any atom is -0.493 e. The third-order valence-corrected chi connectivity index (χ3v) is 4.83. The first-order valence-corrected chi connectivity index (χ1v) is 9.42. The minimum atomic E-state index is -0.0451. The van der Waals surface area contributed by atoms with E-state index in [0.717, 1.165) is 17.7 Å². The summed E-state index contributed by atoms with van der Waals surface area (Å²) in [6.07, 6.45) is 5.12. The van der Waals surface area contributed by atoms with Gasteiger partial charge in [-0.3, -0.25) is 4.79 Å². The van der Waals surface area contributed by atoms with Crippen molar-refractivity contribution in [3.63, 3.8) is 0 Å². The number of methoxy groups -OCH3 is 2. The number of ether oxygens (including phenoxy) is 3. The largest absolute Gasteiger partial charge is 0.493 e. The monoisotopic (exact) mass is 369 g/mol. The highest BCUT2D eigenvalue weighted by atomic mass is 16.5. The van der Waals surface area contributed by atoms with Gasteiger partial charge in [0.2, 0.25) is 5.91 Å². The molecule has 3 rings (SSSR count). The molecule has 5 heteroatoms. The molecular formula is C22H27NO4. The first kappa shape index (κ1) is 19.1. The van der Waals surface area contributed by atoms with Crippen LogP contribution in [0.15, 0.2) is 36.4 Å². The van der Waals surface area contributed by atoms with Crippen LogP contribution in [0.25, 0.3) is 0 Å². The van der Waals surface area contributed by atoms with E-state index in [-0.39, 0.29) is 5.91 Å². The molecule has 27 heavy (non-hydrogen) atoms. The fraction of sp³-hybridized carbons (Fsp3) is 0.409. The second kappa shape index (κ2) is 9.31. The van der Waals surface area contributed by atoms with E-state index < -0.39 is 0 Å². The molecule has 0 aliphatic heterocycles. The van der Waals surface area contributed by atoms with Gasteiger partial charge in [0.25, 0.3) is 0 Å². The van der Waals surface area contributed by atoms with Crippen molar-refractivity contribution < 1.29 is 19.0 Å². The molecule has 2 aromatic carbocycles. The van der Waals surface area contributed by atoms with Gasteiger partial charge >= 0.3 is 0 Å². The van der Waals surface area contributed by atoms with Gasteiger partial charge in [-0.1, -0.05) is 12.1 Å². The van der Waals surface area contributed by atoms with Gasteiger partial charge in [0, 0.05) is 0 Å². The summed E-state index contributed by atoms with van der Waals surface area (Å²) in [6, 6.07) is 11.8. The quantitative estimate of drug-likeness (QED) is 0.725. The van der Waals surface area contributed by atoms with Crippen LogP contribution in [0.1, 0.15) is 29.5 Å². The van der Waals surface area contributed by atoms with E-state index in [1.54, 1.807) is 20.3 Å². The van der Waals surface area contributed by atoms with Gasteiger partial charge in [0.1, 0.15) is 12.4 Å². The van der Waals surface area contributed by atoms with Gasteiger partial charge in [-0.15, -0.1) is 0 Å². The molecule has 1 N–H and O–H groups in total. The first-order valence-electron chi connectivity index (χ1n) is 9.42. The Morgan fingerprint density at radius 3 is 2.52 bits per heavy atom. The average Bonchev–Trinajstić information content (AvgIpc) is 2.71. The lowest BCUT2D eigenvalue weighted by Gasteiger charge is -2.17. The van der Waals surface area contributed by atoms with Crippen molar-refractivity contribution in [2.75, 3.05) is 27.4 Å². The Morgan fingerprint density at radius 1 is 0.963 bits per heavy atom. The van der Waals surface area contributed by atoms with Crippen LogP contribution >= 0.6 is 0 Å². The third-order valence-electron chi connectivity index (χ3n) is 4.83. The van der Waals surface area contributed by atoms with Crippen molar-refractivity contribution in [3.8, 4) is 17.2 Å². The predicted molar refractivity (Wildman–Crippen MR) is 105 cm³/mol. The number of aryl methyl sites for hydroxylation is 2. The van der Waals surface area contributed by atoms with Crippen molar-refractivity contribution in [2.24, 2.45) is 0 Å². The summed E-state index contributed by atoms with van der Waals surface area (Å²) in [6.45, 7) is 0.930. The Morgan fingerprint density at radius 2 is 1.74 bits per heavy atom. The zero-order chi connectivity index (χ0) is 19.1. The van der Waals surface area contributed by atoms with Crippen LogP contribution in [0.4, 0.5) is 0 Å². The lowest BCUT2D eigenvalue weighted by molar-refractivity contribution is -0.120. The van der Waals surface area contributed by atoms with Crippen molar-refractivity contribution in [1.82, 2.24) is 5.32 Å². The number of carbonyl (C=O) groups excluding carboxylic acids is 1. The standard InChI is InChI=1S/C22H27NO4/c1-25-20-10-7-16(13-21(20)26-2)14-22(24)23-11-12-27-19-9-8-17-5-3-4-6-18(17)15-19/h7-10,13,15H,3-6,11-12,14H2,1-2H3,(H,23,24). The summed E-state index contributed by atoms with van der Waals surface area (Å²) < 4.78 is 16.3. The highest BCUT2D eigenvalue weighted by molar-refractivity contribution is 5.78. The molecule has 0 fully saturated rings. The molecule has 0 atom stereocenters. The van der Waals surface area contributed by atoms with Crippen molar-refractivity contribution in [1.29, 1.82) is 0 Å². The number of carbonyl (C=O) groups is 1. The SMILES string of the molecule is COc1ccc(CC(=O)NCCOc2ccc3c(c2)CCCC3)cc1OC. The van der Waals surface area contributed by atoms with Gasteiger partial charge in [-0.2, -0.15) is 0 Å². The molecule has 1 amide bonds. The van der Waals surface area contributed by atoms with Gasteiger partial charge in [0.05, 0.1) is 27.2 Å². The smallest absolute Gasteiger partial charge is 0.224 e. The molecule has 0 heterocycles. The second-order valence-corrected chi connectivity index (χ2v) is 6.70. The maximum absolute atomic E-state index is 12.1. The Kier molecular flexibility index (Phi) is 6.58. The number of benzene rings is 2. The molecule has 0 spiro atoms. The lowest BCUT2D eigenvalue weighted by atomic mass is 9.92. The van der Waals surface area contributed by atoms with Crippen LogP contribution in [0, 0.1) is 0 Å². The number of fused-ring (bicyclic) bond motifs is 1. The molecular weight excluding hydrogens is 342 g/mol. The van der Waals surface area contributed by atoms with E-state index in [1.165, 1.54) is 30.4 Å². The summed E-state index contributed by atoms with van der Waals surface area (Å²) in [5.74, 6) is 2.11. The Labute approximate surface area is 160 Å². The number of amides is 1. The van der Waals surface area contributed by atoms with Crippen LogP contribution < -0.4 is 19.5 Å². The van der Waals surface area contributed by atoms with Crippen LogP contribution in [-0.2, 0) is 24.1 Å². The summed E-state index contributed by atoms with van der Waals surface area (Å²) >= 11 is 0. The molecule has 1 aliphatic carbocycles. The van der Waals surface area contributed by atoms with E-state index in [1.807, 2.05) is 18.2 Å². The molecule has 0 aromatic heterocycles. The maximum atomic E-state index is 12.1. The molecule has 1 aliphatic rings. The molecule has 144 valence electrons. The second-order valence-electron chi connectivity index (χ2n) is 6.70. The molecule has 5 nitrogen and oxygen atoms in total. The van der Waals surface area contributed by atoms with E-state index >= 15 is 0 Å². The van der Waals surface area contributed by atoms with Gasteiger partial charge < -0.3 is 19.5 Å². The first-order chi connectivity index (χ1) is 13.2. The number of hydrogen-bond donors (Lipinski definition) is 1. The maximum Gasteiger partial charge on any atom is 0.224 e. The predicted octanol–water partition coefficient (Wildman–Crippen LogP) is 3.32.